The number of nitrogens with one attached hydrogen (secondary N) is 1. The van der Waals surface area contributed by atoms with Crippen molar-refractivity contribution in [2.75, 3.05) is 0 Å². The van der Waals surface area contributed by atoms with Crippen molar-refractivity contribution in [3.05, 3.63) is 106 Å². The van der Waals surface area contributed by atoms with Gasteiger partial charge in [-0.2, -0.15) is 0 Å². The van der Waals surface area contributed by atoms with Crippen molar-refractivity contribution in [1.29, 1.82) is 0 Å². The zero-order chi connectivity index (χ0) is 22.7. The summed E-state index contributed by atoms with van der Waals surface area (Å²) in [6, 6.07) is 16.2. The lowest BCUT2D eigenvalue weighted by Crippen LogP contribution is -2.73. The summed E-state index contributed by atoms with van der Waals surface area (Å²) in [4.78, 5) is 30.8. The summed E-state index contributed by atoms with van der Waals surface area (Å²) in [6.07, 6.45) is 5.58. The molecule has 0 saturated carbocycles. The molecule has 0 amide bonds. The number of para-hydroxylation sites is 1. The van der Waals surface area contributed by atoms with Crippen LogP contribution in [-0.2, 0) is 0 Å². The van der Waals surface area contributed by atoms with Crippen molar-refractivity contribution in [3.8, 4) is 17.2 Å². The van der Waals surface area contributed by atoms with E-state index in [0.717, 1.165) is 16.8 Å². The lowest BCUT2D eigenvalue weighted by molar-refractivity contribution is -0.363. The van der Waals surface area contributed by atoms with Crippen LogP contribution in [0.25, 0.3) is 0 Å². The Kier molecular flexibility index (Phi) is 4.20. The molecule has 1 atom stereocenters. The molecule has 160 valence electrons. The zero-order valence-corrected chi connectivity index (χ0v) is 18.1. The van der Waals surface area contributed by atoms with E-state index >= 15 is 0 Å². The van der Waals surface area contributed by atoms with Crippen LogP contribution < -0.4 is 14.5 Å². The molecule has 1 N–H and O–H groups in total. The van der Waals surface area contributed by atoms with Crippen LogP contribution in [0.5, 0.6) is 17.2 Å². The minimum Gasteiger partial charge on any atom is -0.468 e. The normalized spacial score (nSPS) is 17.7. The van der Waals surface area contributed by atoms with E-state index < -0.39 is 0 Å². The van der Waals surface area contributed by atoms with Crippen molar-refractivity contribution < 1.29 is 24.1 Å². The molecule has 1 unspecified atom stereocenters. The maximum absolute atomic E-state index is 13.7. The monoisotopic (exact) mass is 434 g/mol. The zero-order valence-electron chi connectivity index (χ0n) is 18.1. The predicted molar refractivity (Wildman–Crippen MR) is 124 cm³/mol. The van der Waals surface area contributed by atoms with Gasteiger partial charge in [-0.3, -0.25) is 9.59 Å². The van der Waals surface area contributed by atoms with Gasteiger partial charge in [-0.05, 0) is 31.6 Å². The number of benzene rings is 3. The van der Waals surface area contributed by atoms with Gasteiger partial charge in [0.05, 0.1) is 5.56 Å². The molecule has 3 aliphatic rings. The van der Waals surface area contributed by atoms with E-state index in [2.05, 4.69) is 4.99 Å². The number of hydrogen-bond donors (Lipinski definition) is 1. The maximum atomic E-state index is 13.7. The van der Waals surface area contributed by atoms with Gasteiger partial charge in [-0.1, -0.05) is 54.6 Å². The fourth-order valence-electron chi connectivity index (χ4n) is 4.57. The first-order chi connectivity index (χ1) is 16.0. The van der Waals surface area contributed by atoms with E-state index in [1.807, 2.05) is 56.3 Å². The third-order valence-electron chi connectivity index (χ3n) is 6.29. The summed E-state index contributed by atoms with van der Waals surface area (Å²) in [6.45, 7) is 3.92. The van der Waals surface area contributed by atoms with Crippen LogP contribution in [0.4, 0.5) is 5.69 Å². The summed E-state index contributed by atoms with van der Waals surface area (Å²) >= 11 is 0. The first kappa shape index (κ1) is 19.4. The van der Waals surface area contributed by atoms with E-state index in [4.69, 9.17) is 9.47 Å². The third kappa shape index (κ3) is 2.89. The van der Waals surface area contributed by atoms with Gasteiger partial charge < -0.3 is 9.47 Å². The molecule has 1 heterocycles. The van der Waals surface area contributed by atoms with E-state index in [-0.39, 0.29) is 28.8 Å². The highest BCUT2D eigenvalue weighted by Gasteiger charge is 2.42. The molecule has 0 bridgehead atoms. The van der Waals surface area contributed by atoms with Gasteiger partial charge in [-0.25, -0.2) is 4.99 Å². The molecule has 3 aromatic rings. The van der Waals surface area contributed by atoms with Crippen molar-refractivity contribution in [3.63, 3.8) is 0 Å². The minimum absolute atomic E-state index is 0.227. The number of fused-ring (bicyclic) bond motifs is 5. The number of ether oxygens (including phenoxy) is 2. The van der Waals surface area contributed by atoms with Crippen molar-refractivity contribution in [1.82, 2.24) is 0 Å². The molecule has 0 radical (unpaired) electrons. The first-order valence-electron chi connectivity index (χ1n) is 10.8. The Morgan fingerprint density at radius 3 is 2.33 bits per heavy atom. The number of carbonyl (C=O) groups is 2. The largest absolute Gasteiger partial charge is 0.468 e. The van der Waals surface area contributed by atoms with Crippen LogP contribution in [0, 0.1) is 6.92 Å². The van der Waals surface area contributed by atoms with Crippen LogP contribution in [-0.4, -0.2) is 23.4 Å². The summed E-state index contributed by atoms with van der Waals surface area (Å²) in [5, 5.41) is 0. The van der Waals surface area contributed by atoms with Gasteiger partial charge in [0.15, 0.2) is 11.5 Å². The molecule has 0 saturated heterocycles. The summed E-state index contributed by atoms with van der Waals surface area (Å²) in [5.74, 6) is 0.936. The lowest BCUT2D eigenvalue weighted by atomic mass is 9.82. The van der Waals surface area contributed by atoms with Crippen LogP contribution in [0.1, 0.15) is 44.3 Å². The second kappa shape index (κ2) is 7.14. The number of rotatable bonds is 2. The number of aryl methyl sites for hydroxylation is 1. The van der Waals surface area contributed by atoms with Crippen LogP contribution in [0.2, 0.25) is 0 Å². The lowest BCUT2D eigenvalue weighted by Gasteiger charge is -2.26. The smallest absolute Gasteiger partial charge is 0.258 e. The Labute approximate surface area is 190 Å². The van der Waals surface area contributed by atoms with Gasteiger partial charge in [0.2, 0.25) is 17.6 Å². The molecular formula is C28H20NO4+. The fraction of sp³-hybridized carbons (Fsp3) is 0.107. The topological polar surface area (TPSA) is 66.6 Å². The third-order valence-corrected chi connectivity index (χ3v) is 6.29. The number of carbonyl (C=O) groups excluding carboxylic acids is 2. The fourth-order valence-corrected chi connectivity index (χ4v) is 4.57. The Balaban J connectivity index is 1.63. The van der Waals surface area contributed by atoms with Gasteiger partial charge in [-0.15, -0.1) is 0 Å². The SMILES string of the molecule is CC1=CC=CC2Oc3cc(Oc4ccccc4C)c4c(c3[NH+]=C12)C(=O)c1ccccc1C4=O. The summed E-state index contributed by atoms with van der Waals surface area (Å²) in [7, 11) is 0. The number of hydrogen-bond acceptors (Lipinski definition) is 4. The average molecular weight is 434 g/mol. The van der Waals surface area contributed by atoms with Crippen LogP contribution in [0.3, 0.4) is 0 Å². The highest BCUT2D eigenvalue weighted by atomic mass is 16.5. The van der Waals surface area contributed by atoms with Crippen LogP contribution >= 0.6 is 0 Å². The number of allylic oxidation sites excluding steroid dienone is 2. The van der Waals surface area contributed by atoms with E-state index in [1.165, 1.54) is 0 Å². The molecule has 0 aromatic heterocycles. The van der Waals surface area contributed by atoms with Gasteiger partial charge in [0.25, 0.3) is 5.69 Å². The first-order valence-corrected chi connectivity index (χ1v) is 10.8. The van der Waals surface area contributed by atoms with Crippen molar-refractivity contribution >= 4 is 23.0 Å². The minimum atomic E-state index is -0.298. The molecule has 6 rings (SSSR count). The van der Waals surface area contributed by atoms with Crippen molar-refractivity contribution in [2.45, 2.75) is 20.0 Å². The van der Waals surface area contributed by atoms with E-state index in [0.29, 0.717) is 34.1 Å². The Hall–Kier alpha value is -4.25. The van der Waals surface area contributed by atoms with E-state index in [1.54, 1.807) is 30.3 Å². The Morgan fingerprint density at radius 2 is 1.58 bits per heavy atom. The predicted octanol–water partition coefficient (Wildman–Crippen LogP) is 3.99. The van der Waals surface area contributed by atoms with Crippen LogP contribution in [0.15, 0.2) is 78.4 Å². The quantitative estimate of drug-likeness (QED) is 0.518. The molecule has 0 fully saturated rings. The second-order valence-electron chi connectivity index (χ2n) is 8.38. The molecule has 3 aromatic carbocycles. The molecule has 5 nitrogen and oxygen atoms in total. The van der Waals surface area contributed by atoms with Gasteiger partial charge in [0.1, 0.15) is 17.1 Å². The van der Waals surface area contributed by atoms with Gasteiger partial charge >= 0.3 is 0 Å². The highest BCUT2D eigenvalue weighted by molar-refractivity contribution is 6.31. The summed E-state index contributed by atoms with van der Waals surface area (Å²) in [5.41, 5.74) is 4.60. The average Bonchev–Trinajstić information content (AvgIpc) is 2.82. The molecular weight excluding hydrogens is 414 g/mol. The Bertz CT molecular complexity index is 1480. The number of ketones is 2. The Morgan fingerprint density at radius 1 is 0.879 bits per heavy atom. The van der Waals surface area contributed by atoms with E-state index in [9.17, 15) is 9.59 Å². The van der Waals surface area contributed by atoms with Crippen molar-refractivity contribution in [2.24, 2.45) is 0 Å². The van der Waals surface area contributed by atoms with Gasteiger partial charge in [0, 0.05) is 22.8 Å². The maximum Gasteiger partial charge on any atom is 0.258 e. The molecule has 2 aliphatic carbocycles. The molecule has 0 spiro atoms. The molecule has 33 heavy (non-hydrogen) atoms. The molecule has 1 aliphatic heterocycles. The summed E-state index contributed by atoms with van der Waals surface area (Å²) < 4.78 is 12.5. The standard InChI is InChI=1S/C28H19NO4/c1-15-8-3-6-12-19(15)32-21-14-22-26(29-25-16(2)9-7-13-20(25)33-22)24-23(21)27(30)17-10-4-5-11-18(17)28(24)31/h3-14,20H,1-2H3/p+1. The molecule has 5 heteroatoms. The highest BCUT2D eigenvalue weighted by Crippen LogP contribution is 2.44. The second-order valence-corrected chi connectivity index (χ2v) is 8.38.